The monoisotopic (exact) mass is 470 g/mol. The Balaban J connectivity index is 1.72. The minimum Gasteiger partial charge on any atom is -0.326 e. The predicted molar refractivity (Wildman–Crippen MR) is 110 cm³/mol. The van der Waals surface area contributed by atoms with E-state index in [1.54, 1.807) is 12.1 Å². The van der Waals surface area contributed by atoms with Crippen LogP contribution in [0.4, 0.5) is 5.69 Å². The molecule has 1 saturated heterocycles. The highest BCUT2D eigenvalue weighted by molar-refractivity contribution is 9.10. The minimum atomic E-state index is -3.64. The van der Waals surface area contributed by atoms with E-state index in [0.29, 0.717) is 30.1 Å². The third kappa shape index (κ3) is 4.71. The molecule has 0 unspecified atom stereocenters. The molecule has 0 spiro atoms. The van der Waals surface area contributed by atoms with Gasteiger partial charge in [-0.15, -0.1) is 0 Å². The van der Waals surface area contributed by atoms with E-state index in [9.17, 15) is 13.2 Å². The van der Waals surface area contributed by atoms with Gasteiger partial charge in [-0.05, 0) is 67.8 Å². The summed E-state index contributed by atoms with van der Waals surface area (Å²) in [6.45, 7) is 2.53. The van der Waals surface area contributed by atoms with Crippen LogP contribution in [0.25, 0.3) is 0 Å². The molecular weight excluding hydrogens is 452 g/mol. The Morgan fingerprint density at radius 1 is 1.22 bits per heavy atom. The Bertz CT molecular complexity index is 948. The zero-order valence-electron chi connectivity index (χ0n) is 14.8. The van der Waals surface area contributed by atoms with Crippen LogP contribution in [0, 0.1) is 12.8 Å². The fourth-order valence-electron chi connectivity index (χ4n) is 3.10. The highest BCUT2D eigenvalue weighted by Gasteiger charge is 2.33. The molecule has 1 atom stereocenters. The van der Waals surface area contributed by atoms with Gasteiger partial charge in [-0.1, -0.05) is 27.5 Å². The molecule has 0 aliphatic carbocycles. The van der Waals surface area contributed by atoms with Crippen molar-refractivity contribution >= 4 is 49.1 Å². The van der Waals surface area contributed by atoms with Gasteiger partial charge in [0, 0.05) is 28.3 Å². The summed E-state index contributed by atoms with van der Waals surface area (Å²) < 4.78 is 28.1. The van der Waals surface area contributed by atoms with Crippen LogP contribution in [-0.2, 0) is 14.8 Å². The average molecular weight is 472 g/mol. The van der Waals surface area contributed by atoms with E-state index in [4.69, 9.17) is 11.6 Å². The first-order valence-electron chi connectivity index (χ1n) is 8.60. The maximum Gasteiger partial charge on any atom is 0.243 e. The number of anilines is 1. The van der Waals surface area contributed by atoms with Gasteiger partial charge in [0.05, 0.1) is 10.8 Å². The number of hydrogen-bond acceptors (Lipinski definition) is 3. The number of benzene rings is 2. The molecular formula is C19H20BrClN2O3S. The zero-order chi connectivity index (χ0) is 19.6. The number of carbonyl (C=O) groups is 1. The van der Waals surface area contributed by atoms with Gasteiger partial charge in [-0.3, -0.25) is 4.79 Å². The molecule has 1 aliphatic heterocycles. The summed E-state index contributed by atoms with van der Waals surface area (Å²) in [4.78, 5) is 12.8. The minimum absolute atomic E-state index is 0.160. The fraction of sp³-hybridized carbons (Fsp3) is 0.316. The largest absolute Gasteiger partial charge is 0.326 e. The van der Waals surface area contributed by atoms with E-state index in [1.165, 1.54) is 16.4 Å². The van der Waals surface area contributed by atoms with Crippen molar-refractivity contribution in [3.05, 3.63) is 57.5 Å². The number of amides is 1. The molecule has 2 aromatic carbocycles. The van der Waals surface area contributed by atoms with Gasteiger partial charge in [-0.2, -0.15) is 4.31 Å². The van der Waals surface area contributed by atoms with Crippen molar-refractivity contribution in [1.29, 1.82) is 0 Å². The molecule has 1 fully saturated rings. The quantitative estimate of drug-likeness (QED) is 0.716. The molecule has 8 heteroatoms. The third-order valence-electron chi connectivity index (χ3n) is 4.63. The summed E-state index contributed by atoms with van der Waals surface area (Å²) in [6, 6.07) is 11.7. The van der Waals surface area contributed by atoms with E-state index in [1.807, 2.05) is 25.1 Å². The Hall–Kier alpha value is -1.41. The van der Waals surface area contributed by atoms with Crippen molar-refractivity contribution in [2.75, 3.05) is 18.4 Å². The zero-order valence-corrected chi connectivity index (χ0v) is 17.9. The number of hydrogen-bond donors (Lipinski definition) is 1. The summed E-state index contributed by atoms with van der Waals surface area (Å²) in [6.07, 6.45) is 1.30. The van der Waals surface area contributed by atoms with Crippen molar-refractivity contribution in [1.82, 2.24) is 4.31 Å². The van der Waals surface area contributed by atoms with E-state index >= 15 is 0 Å². The Morgan fingerprint density at radius 2 is 1.93 bits per heavy atom. The van der Waals surface area contributed by atoms with Crippen LogP contribution in [0.15, 0.2) is 51.8 Å². The average Bonchev–Trinajstić information content (AvgIpc) is 2.65. The summed E-state index contributed by atoms with van der Waals surface area (Å²) in [5.41, 5.74) is 1.72. The number of halogens is 2. The van der Waals surface area contributed by atoms with E-state index in [-0.39, 0.29) is 23.3 Å². The lowest BCUT2D eigenvalue weighted by Crippen LogP contribution is -2.43. The summed E-state index contributed by atoms with van der Waals surface area (Å²) >= 11 is 9.28. The SMILES string of the molecule is Cc1cc(NC(=O)[C@H]2CCCN(S(=O)(=O)c3ccc(Cl)cc3)C2)ccc1Br. The highest BCUT2D eigenvalue weighted by Crippen LogP contribution is 2.26. The van der Waals surface area contributed by atoms with Crippen molar-refractivity contribution in [3.8, 4) is 0 Å². The molecule has 0 radical (unpaired) electrons. The third-order valence-corrected chi connectivity index (χ3v) is 7.65. The van der Waals surface area contributed by atoms with Gasteiger partial charge in [0.2, 0.25) is 15.9 Å². The summed E-state index contributed by atoms with van der Waals surface area (Å²) in [5.74, 6) is -0.544. The molecule has 5 nitrogen and oxygen atoms in total. The molecule has 1 aliphatic rings. The second-order valence-electron chi connectivity index (χ2n) is 6.61. The van der Waals surface area contributed by atoms with Crippen LogP contribution in [0.5, 0.6) is 0 Å². The second-order valence-corrected chi connectivity index (χ2v) is 9.84. The fourth-order valence-corrected chi connectivity index (χ4v) is 4.99. The van der Waals surface area contributed by atoms with Gasteiger partial charge in [0.25, 0.3) is 0 Å². The van der Waals surface area contributed by atoms with Crippen LogP contribution >= 0.6 is 27.5 Å². The first-order chi connectivity index (χ1) is 12.8. The van der Waals surface area contributed by atoms with Crippen LogP contribution in [-0.4, -0.2) is 31.7 Å². The number of rotatable bonds is 4. The molecule has 0 saturated carbocycles. The van der Waals surface area contributed by atoms with Crippen LogP contribution in [0.3, 0.4) is 0 Å². The first-order valence-corrected chi connectivity index (χ1v) is 11.2. The molecule has 0 aromatic heterocycles. The molecule has 3 rings (SSSR count). The molecule has 27 heavy (non-hydrogen) atoms. The van der Waals surface area contributed by atoms with Gasteiger partial charge >= 0.3 is 0 Å². The number of sulfonamides is 1. The molecule has 0 bridgehead atoms. The second kappa shape index (κ2) is 8.31. The number of nitrogens with zero attached hydrogens (tertiary/aromatic N) is 1. The number of aryl methyl sites for hydroxylation is 1. The Morgan fingerprint density at radius 3 is 2.59 bits per heavy atom. The maximum atomic E-state index is 12.9. The van der Waals surface area contributed by atoms with E-state index in [2.05, 4.69) is 21.2 Å². The Labute approximate surface area is 172 Å². The van der Waals surface area contributed by atoms with Crippen molar-refractivity contribution in [2.24, 2.45) is 5.92 Å². The number of nitrogens with one attached hydrogen (secondary N) is 1. The van der Waals surface area contributed by atoms with Gasteiger partial charge in [0.15, 0.2) is 0 Å². The smallest absolute Gasteiger partial charge is 0.243 e. The van der Waals surface area contributed by atoms with Gasteiger partial charge in [0.1, 0.15) is 0 Å². The Kier molecular flexibility index (Phi) is 6.25. The predicted octanol–water partition coefficient (Wildman–Crippen LogP) is 4.45. The summed E-state index contributed by atoms with van der Waals surface area (Å²) in [7, 11) is -3.64. The molecule has 2 aromatic rings. The standard InChI is InChI=1S/C19H20BrClN2O3S/c1-13-11-16(6-9-18(13)20)22-19(24)14-3-2-10-23(12-14)27(25,26)17-7-4-15(21)5-8-17/h4-9,11,14H,2-3,10,12H2,1H3,(H,22,24)/t14-/m0/s1. The lowest BCUT2D eigenvalue weighted by atomic mass is 9.98. The van der Waals surface area contributed by atoms with Crippen molar-refractivity contribution in [2.45, 2.75) is 24.7 Å². The normalized spacial score (nSPS) is 18.3. The van der Waals surface area contributed by atoms with Crippen molar-refractivity contribution < 1.29 is 13.2 Å². The van der Waals surface area contributed by atoms with Gasteiger partial charge < -0.3 is 5.32 Å². The van der Waals surface area contributed by atoms with Crippen molar-refractivity contribution in [3.63, 3.8) is 0 Å². The molecule has 1 N–H and O–H groups in total. The lowest BCUT2D eigenvalue weighted by Gasteiger charge is -2.31. The highest BCUT2D eigenvalue weighted by atomic mass is 79.9. The maximum absolute atomic E-state index is 12.9. The first kappa shape index (κ1) is 20.3. The van der Waals surface area contributed by atoms with E-state index < -0.39 is 10.0 Å². The molecule has 144 valence electrons. The number of piperidine rings is 1. The number of carbonyl (C=O) groups excluding carboxylic acids is 1. The summed E-state index contributed by atoms with van der Waals surface area (Å²) in [5, 5.41) is 3.38. The van der Waals surface area contributed by atoms with Crippen LogP contribution in [0.1, 0.15) is 18.4 Å². The molecule has 1 amide bonds. The molecule has 1 heterocycles. The van der Waals surface area contributed by atoms with Gasteiger partial charge in [-0.25, -0.2) is 8.42 Å². The lowest BCUT2D eigenvalue weighted by molar-refractivity contribution is -0.120. The van der Waals surface area contributed by atoms with Crippen LogP contribution < -0.4 is 5.32 Å². The topological polar surface area (TPSA) is 66.5 Å². The van der Waals surface area contributed by atoms with Crippen LogP contribution in [0.2, 0.25) is 5.02 Å². The van der Waals surface area contributed by atoms with E-state index in [0.717, 1.165) is 10.0 Å².